The van der Waals surface area contributed by atoms with E-state index in [1.54, 1.807) is 0 Å². The minimum atomic E-state index is 1.31. The van der Waals surface area contributed by atoms with Gasteiger partial charge in [0, 0.05) is 0 Å². The Bertz CT molecular complexity index is 4190. The van der Waals surface area contributed by atoms with Gasteiger partial charge >= 0.3 is 0 Å². The van der Waals surface area contributed by atoms with Crippen LogP contribution >= 0.6 is 0 Å². The van der Waals surface area contributed by atoms with E-state index in [1.165, 1.54) is 126 Å². The van der Waals surface area contributed by atoms with E-state index in [2.05, 4.69) is 355 Å². The summed E-state index contributed by atoms with van der Waals surface area (Å²) in [6, 6.07) is 104. The van der Waals surface area contributed by atoms with Crippen LogP contribution in [0, 0.1) is 76.2 Å². The van der Waals surface area contributed by atoms with Crippen LogP contribution in [0.2, 0.25) is 0 Å². The smallest absolute Gasteiger partial charge is 0.0103 e. The second-order valence-corrected chi connectivity index (χ2v) is 21.7. The molecule has 0 fully saturated rings. The van der Waals surface area contributed by atoms with Crippen molar-refractivity contribution in [2.75, 3.05) is 0 Å². The molecular formula is C83H82. The van der Waals surface area contributed by atoms with Crippen molar-refractivity contribution in [3.05, 3.63) is 358 Å². The van der Waals surface area contributed by atoms with Gasteiger partial charge in [0.1, 0.15) is 0 Å². The van der Waals surface area contributed by atoms with Crippen LogP contribution in [0.3, 0.4) is 0 Å². The van der Waals surface area contributed by atoms with Crippen molar-refractivity contribution in [3.8, 4) is 0 Å². The highest BCUT2D eigenvalue weighted by molar-refractivity contribution is 6.09. The summed E-state index contributed by atoms with van der Waals surface area (Å²) in [5.74, 6) is 0. The maximum atomic E-state index is 2.26. The number of aryl methyl sites for hydroxylation is 11. The normalized spacial score (nSPS) is 10.1. The molecule has 0 N–H and O–H groups in total. The molecule has 0 saturated carbocycles. The molecule has 0 unspecified atom stereocenters. The predicted molar refractivity (Wildman–Crippen MR) is 369 cm³/mol. The first kappa shape index (κ1) is 61.3. The third kappa shape index (κ3) is 19.1. The van der Waals surface area contributed by atoms with Gasteiger partial charge in [0.2, 0.25) is 0 Å². The minimum Gasteiger partial charge on any atom is -0.0622 e. The van der Waals surface area contributed by atoms with Gasteiger partial charge in [-0.2, -0.15) is 0 Å². The van der Waals surface area contributed by atoms with E-state index in [-0.39, 0.29) is 0 Å². The van der Waals surface area contributed by atoms with Crippen LogP contribution in [0.1, 0.15) is 61.2 Å². The first-order valence-corrected chi connectivity index (χ1v) is 29.0. The second kappa shape index (κ2) is 31.6. The molecule has 0 atom stereocenters. The average Bonchev–Trinajstić information content (AvgIpc) is 3.71. The Balaban J connectivity index is 0.000000139. The molecule has 0 bridgehead atoms. The molecule has 0 aromatic heterocycles. The minimum absolute atomic E-state index is 1.31. The van der Waals surface area contributed by atoms with Crippen LogP contribution in [-0.4, -0.2) is 0 Å². The molecule has 0 aliphatic rings. The lowest BCUT2D eigenvalue weighted by Gasteiger charge is -2.06. The maximum Gasteiger partial charge on any atom is -0.0103 e. The number of hydrogen-bond donors (Lipinski definition) is 0. The van der Waals surface area contributed by atoms with E-state index in [0.717, 1.165) is 0 Å². The molecule has 0 spiro atoms. The molecule has 0 saturated heterocycles. The van der Waals surface area contributed by atoms with Crippen LogP contribution < -0.4 is 0 Å². The SMILES string of the molecule is Cc1cc2ccccc2c2ccccc12.Cc1ccc(C)cc1.Cc1ccc2c(ccc3ccccc32)c1.Cc1ccc2ccccc2c1.Cc1cccc(C)c1.Cc1cccc2ccccc12.Cc1ccccc1.Cc1ccccc1C. The Kier molecular flexibility index (Phi) is 23.3. The molecule has 0 heterocycles. The summed E-state index contributed by atoms with van der Waals surface area (Å²) in [6.07, 6.45) is 0. The summed E-state index contributed by atoms with van der Waals surface area (Å²) >= 11 is 0. The first-order valence-electron chi connectivity index (χ1n) is 29.0. The first-order chi connectivity index (χ1) is 40.2. The lowest BCUT2D eigenvalue weighted by molar-refractivity contribution is 1.34. The topological polar surface area (TPSA) is 0 Å². The van der Waals surface area contributed by atoms with Crippen molar-refractivity contribution < 1.29 is 0 Å². The molecule has 14 aromatic carbocycles. The summed E-state index contributed by atoms with van der Waals surface area (Å²) in [4.78, 5) is 0. The van der Waals surface area contributed by atoms with Crippen molar-refractivity contribution in [2.24, 2.45) is 0 Å². The zero-order chi connectivity index (χ0) is 58.9. The largest absolute Gasteiger partial charge is 0.0622 e. The van der Waals surface area contributed by atoms with Crippen molar-refractivity contribution in [2.45, 2.75) is 76.2 Å². The van der Waals surface area contributed by atoms with Crippen LogP contribution in [0.15, 0.2) is 297 Å². The van der Waals surface area contributed by atoms with E-state index in [9.17, 15) is 0 Å². The molecule has 14 aromatic rings. The molecule has 83 heavy (non-hydrogen) atoms. The number of benzene rings is 14. The van der Waals surface area contributed by atoms with E-state index < -0.39 is 0 Å². The summed E-state index contributed by atoms with van der Waals surface area (Å²) in [5.41, 5.74) is 14.7. The van der Waals surface area contributed by atoms with Crippen molar-refractivity contribution >= 4 is 64.6 Å². The predicted octanol–water partition coefficient (Wildman–Crippen LogP) is 23.8. The molecule has 0 amide bonds. The molecule has 0 nitrogen and oxygen atoms in total. The van der Waals surface area contributed by atoms with E-state index in [1.807, 2.05) is 18.2 Å². The van der Waals surface area contributed by atoms with Crippen LogP contribution in [-0.2, 0) is 0 Å². The number of hydrogen-bond acceptors (Lipinski definition) is 0. The van der Waals surface area contributed by atoms with E-state index in [0.29, 0.717) is 0 Å². The zero-order valence-electron chi connectivity index (χ0n) is 50.8. The fourth-order valence-corrected chi connectivity index (χ4v) is 9.71. The Labute approximate surface area is 496 Å². The van der Waals surface area contributed by atoms with Crippen molar-refractivity contribution in [1.82, 2.24) is 0 Å². The fourth-order valence-electron chi connectivity index (χ4n) is 9.71. The monoisotopic (exact) mass is 1080 g/mol. The number of fused-ring (bicyclic) bond motifs is 8. The maximum absolute atomic E-state index is 2.26. The van der Waals surface area contributed by atoms with Gasteiger partial charge in [0.05, 0.1) is 0 Å². The van der Waals surface area contributed by atoms with Gasteiger partial charge in [0.15, 0.2) is 0 Å². The highest BCUT2D eigenvalue weighted by atomic mass is 14.1. The lowest BCUT2D eigenvalue weighted by atomic mass is 9.98. The number of rotatable bonds is 0. The van der Waals surface area contributed by atoms with Gasteiger partial charge < -0.3 is 0 Å². The van der Waals surface area contributed by atoms with Gasteiger partial charge in [-0.15, -0.1) is 0 Å². The molecule has 0 aliphatic heterocycles. The van der Waals surface area contributed by atoms with Gasteiger partial charge in [-0.3, -0.25) is 0 Å². The van der Waals surface area contributed by atoms with Crippen LogP contribution in [0.4, 0.5) is 0 Å². The molecular weight excluding hydrogens is 997 g/mol. The molecule has 414 valence electrons. The van der Waals surface area contributed by atoms with Crippen molar-refractivity contribution in [1.29, 1.82) is 0 Å². The van der Waals surface area contributed by atoms with Crippen molar-refractivity contribution in [3.63, 3.8) is 0 Å². The summed E-state index contributed by atoms with van der Waals surface area (Å²) < 4.78 is 0. The van der Waals surface area contributed by atoms with E-state index in [4.69, 9.17) is 0 Å². The third-order valence-electron chi connectivity index (χ3n) is 14.5. The quantitative estimate of drug-likeness (QED) is 0.133. The van der Waals surface area contributed by atoms with Gasteiger partial charge in [-0.05, 0) is 163 Å². The Hall–Kier alpha value is -9.36. The Morgan fingerprint density at radius 2 is 0.446 bits per heavy atom. The molecule has 0 aliphatic carbocycles. The molecule has 14 rings (SSSR count). The van der Waals surface area contributed by atoms with Gasteiger partial charge in [0.25, 0.3) is 0 Å². The second-order valence-electron chi connectivity index (χ2n) is 21.7. The highest BCUT2D eigenvalue weighted by Crippen LogP contribution is 2.29. The van der Waals surface area contributed by atoms with Gasteiger partial charge in [-0.1, -0.05) is 336 Å². The highest BCUT2D eigenvalue weighted by Gasteiger charge is 2.02. The summed E-state index contributed by atoms with van der Waals surface area (Å²) in [7, 11) is 0. The summed E-state index contributed by atoms with van der Waals surface area (Å²) in [5, 5.41) is 16.0. The van der Waals surface area contributed by atoms with Crippen LogP contribution in [0.5, 0.6) is 0 Å². The standard InChI is InChI=1S/2C15H12.2C11H10.3C8H10.C7H8/c1-11-10-12-6-2-3-8-14(12)15-9-5-4-7-13(11)15;1-11-6-9-15-13(10-11)8-7-12-4-2-3-5-14(12)15;1-9-5-4-7-10-6-2-3-8-11(9)10;1-9-6-7-10-4-2-3-5-11(10)8-9;1-7-3-5-8(2)6-4-7;1-7-4-3-5-8(2)6-7;1-7-5-3-4-6-8(7)2;1-7-5-3-2-4-6-7/h2*2-10H,1H3;2*2-8H,1H3;3*3-6H,1-2H3;2-6H,1H3. The third-order valence-corrected chi connectivity index (χ3v) is 14.5. The lowest BCUT2D eigenvalue weighted by Crippen LogP contribution is -1.81. The molecule has 0 radical (unpaired) electrons. The summed E-state index contributed by atoms with van der Waals surface area (Å²) in [6.45, 7) is 23.3. The van der Waals surface area contributed by atoms with Gasteiger partial charge in [-0.25, -0.2) is 0 Å². The zero-order valence-corrected chi connectivity index (χ0v) is 50.8. The average molecular weight is 1080 g/mol. The van der Waals surface area contributed by atoms with E-state index >= 15 is 0 Å². The Morgan fingerprint density at radius 1 is 0.133 bits per heavy atom. The Morgan fingerprint density at radius 3 is 0.976 bits per heavy atom. The van der Waals surface area contributed by atoms with Crippen LogP contribution in [0.25, 0.3) is 64.6 Å². The molecule has 0 heteroatoms. The fraction of sp³-hybridized carbons (Fsp3) is 0.133.